The number of anilines is 1. The van der Waals surface area contributed by atoms with E-state index in [4.69, 9.17) is 0 Å². The minimum atomic E-state index is -0.272. The molecule has 0 aliphatic carbocycles. The molecule has 0 unspecified atom stereocenters. The number of amides is 1. The van der Waals surface area contributed by atoms with Crippen molar-refractivity contribution in [3.05, 3.63) is 23.1 Å². The molecule has 3 heterocycles. The first-order chi connectivity index (χ1) is 11.8. The summed E-state index contributed by atoms with van der Waals surface area (Å²) in [6.45, 7) is 10.3. The number of piperidine rings is 1. The standard InChI is InChI=1S/C17H27N7O.ClH/c1-11-15(22-23-24(11)13-5-7-18-8-6-13)16(25)19-14-9-12(20-21-14)10-17(2,3)4;/h9,13,18H,5-8,10H2,1-4H3,(H2,19,20,21,25);1H. The maximum Gasteiger partial charge on any atom is 0.279 e. The zero-order valence-electron chi connectivity index (χ0n) is 15.8. The van der Waals surface area contributed by atoms with Crippen LogP contribution in [0, 0.1) is 12.3 Å². The molecule has 0 spiro atoms. The van der Waals surface area contributed by atoms with Crippen molar-refractivity contribution >= 4 is 24.1 Å². The number of carbonyl (C=O) groups is 1. The van der Waals surface area contributed by atoms with Crippen LogP contribution in [0.25, 0.3) is 0 Å². The highest BCUT2D eigenvalue weighted by molar-refractivity contribution is 6.03. The molecule has 8 nitrogen and oxygen atoms in total. The number of nitrogens with zero attached hydrogens (tertiary/aromatic N) is 4. The van der Waals surface area contributed by atoms with Gasteiger partial charge >= 0.3 is 0 Å². The van der Waals surface area contributed by atoms with Crippen LogP contribution in [0.4, 0.5) is 5.82 Å². The highest BCUT2D eigenvalue weighted by Crippen LogP contribution is 2.22. The summed E-state index contributed by atoms with van der Waals surface area (Å²) in [5.41, 5.74) is 2.31. The molecule has 0 atom stereocenters. The van der Waals surface area contributed by atoms with Crippen LogP contribution in [0.3, 0.4) is 0 Å². The molecule has 26 heavy (non-hydrogen) atoms. The van der Waals surface area contributed by atoms with Crippen LogP contribution in [0.15, 0.2) is 6.07 Å². The molecule has 3 N–H and O–H groups in total. The van der Waals surface area contributed by atoms with Crippen molar-refractivity contribution in [1.82, 2.24) is 30.5 Å². The van der Waals surface area contributed by atoms with Gasteiger partial charge in [-0.25, -0.2) is 4.68 Å². The summed E-state index contributed by atoms with van der Waals surface area (Å²) < 4.78 is 1.88. The van der Waals surface area contributed by atoms with Gasteiger partial charge in [0.1, 0.15) is 0 Å². The minimum absolute atomic E-state index is 0. The van der Waals surface area contributed by atoms with Crippen LogP contribution in [0.2, 0.25) is 0 Å². The molecule has 1 aliphatic heterocycles. The second-order valence-corrected chi connectivity index (χ2v) is 7.92. The van der Waals surface area contributed by atoms with Gasteiger partial charge in [0, 0.05) is 11.8 Å². The number of hydrogen-bond acceptors (Lipinski definition) is 5. The van der Waals surface area contributed by atoms with Gasteiger partial charge in [-0.2, -0.15) is 5.10 Å². The fourth-order valence-electron chi connectivity index (χ4n) is 3.21. The molecule has 1 fully saturated rings. The molecule has 9 heteroatoms. The van der Waals surface area contributed by atoms with Gasteiger partial charge in [0.25, 0.3) is 5.91 Å². The van der Waals surface area contributed by atoms with Crippen molar-refractivity contribution in [1.29, 1.82) is 0 Å². The van der Waals surface area contributed by atoms with E-state index in [1.165, 1.54) is 0 Å². The number of halogens is 1. The van der Waals surface area contributed by atoms with Crippen molar-refractivity contribution in [2.24, 2.45) is 5.41 Å². The monoisotopic (exact) mass is 381 g/mol. The molecular weight excluding hydrogens is 354 g/mol. The molecule has 0 bridgehead atoms. The summed E-state index contributed by atoms with van der Waals surface area (Å²) in [6, 6.07) is 2.18. The highest BCUT2D eigenvalue weighted by atomic mass is 35.5. The first-order valence-electron chi connectivity index (χ1n) is 8.81. The van der Waals surface area contributed by atoms with E-state index < -0.39 is 0 Å². The maximum absolute atomic E-state index is 12.5. The quantitative estimate of drug-likeness (QED) is 0.755. The lowest BCUT2D eigenvalue weighted by atomic mass is 9.91. The molecule has 0 aromatic carbocycles. The summed E-state index contributed by atoms with van der Waals surface area (Å²) >= 11 is 0. The Morgan fingerprint density at radius 3 is 2.69 bits per heavy atom. The number of nitrogens with one attached hydrogen (secondary N) is 3. The number of carbonyl (C=O) groups excluding carboxylic acids is 1. The molecule has 0 saturated carbocycles. The van der Waals surface area contributed by atoms with E-state index in [1.807, 2.05) is 17.7 Å². The van der Waals surface area contributed by atoms with Crippen molar-refractivity contribution < 1.29 is 4.79 Å². The van der Waals surface area contributed by atoms with E-state index in [2.05, 4.69) is 51.9 Å². The van der Waals surface area contributed by atoms with Crippen LogP contribution in [0.1, 0.15) is 61.5 Å². The van der Waals surface area contributed by atoms with Gasteiger partial charge in [-0.05, 0) is 44.7 Å². The Morgan fingerprint density at radius 1 is 1.35 bits per heavy atom. The predicted octanol–water partition coefficient (Wildman–Crippen LogP) is 2.50. The lowest BCUT2D eigenvalue weighted by Gasteiger charge is -2.23. The summed E-state index contributed by atoms with van der Waals surface area (Å²) in [5.74, 6) is 0.242. The van der Waals surface area contributed by atoms with E-state index in [0.29, 0.717) is 17.6 Å². The van der Waals surface area contributed by atoms with E-state index in [0.717, 1.165) is 43.7 Å². The summed E-state index contributed by atoms with van der Waals surface area (Å²) in [7, 11) is 0. The average Bonchev–Trinajstić information content (AvgIpc) is 3.13. The first-order valence-corrected chi connectivity index (χ1v) is 8.81. The normalized spacial score (nSPS) is 15.5. The Hall–Kier alpha value is -1.93. The zero-order chi connectivity index (χ0) is 18.0. The lowest BCUT2D eigenvalue weighted by molar-refractivity contribution is 0.102. The van der Waals surface area contributed by atoms with Crippen molar-refractivity contribution in [2.75, 3.05) is 18.4 Å². The summed E-state index contributed by atoms with van der Waals surface area (Å²) in [4.78, 5) is 12.5. The molecule has 1 amide bonds. The van der Waals surface area contributed by atoms with Gasteiger partial charge in [-0.15, -0.1) is 17.5 Å². The van der Waals surface area contributed by atoms with Gasteiger partial charge in [-0.1, -0.05) is 26.0 Å². The minimum Gasteiger partial charge on any atom is -0.317 e. The topological polar surface area (TPSA) is 101 Å². The van der Waals surface area contributed by atoms with Crippen LogP contribution in [-0.2, 0) is 6.42 Å². The molecule has 144 valence electrons. The number of rotatable bonds is 4. The largest absolute Gasteiger partial charge is 0.317 e. The molecular formula is C17H28ClN7O. The van der Waals surface area contributed by atoms with Gasteiger partial charge in [-0.3, -0.25) is 9.89 Å². The van der Waals surface area contributed by atoms with Gasteiger partial charge in [0.15, 0.2) is 11.5 Å². The lowest BCUT2D eigenvalue weighted by Crippen LogP contribution is -2.30. The van der Waals surface area contributed by atoms with E-state index >= 15 is 0 Å². The summed E-state index contributed by atoms with van der Waals surface area (Å²) in [5, 5.41) is 21.6. The fraction of sp³-hybridized carbons (Fsp3) is 0.647. The third-order valence-corrected chi connectivity index (χ3v) is 4.39. The van der Waals surface area contributed by atoms with E-state index in [9.17, 15) is 4.79 Å². The number of H-pyrrole nitrogens is 1. The van der Waals surface area contributed by atoms with Crippen molar-refractivity contribution in [3.63, 3.8) is 0 Å². The van der Waals surface area contributed by atoms with Crippen LogP contribution >= 0.6 is 12.4 Å². The molecule has 1 saturated heterocycles. The molecule has 3 rings (SSSR count). The smallest absolute Gasteiger partial charge is 0.279 e. The second-order valence-electron chi connectivity index (χ2n) is 7.92. The Morgan fingerprint density at radius 2 is 2.04 bits per heavy atom. The van der Waals surface area contributed by atoms with Crippen molar-refractivity contribution in [3.8, 4) is 0 Å². The first kappa shape index (κ1) is 20.4. The number of aromatic nitrogens is 5. The van der Waals surface area contributed by atoms with E-state index in [1.54, 1.807) is 0 Å². The Kier molecular flexibility index (Phi) is 6.41. The van der Waals surface area contributed by atoms with Crippen LogP contribution in [0.5, 0.6) is 0 Å². The SMILES string of the molecule is Cc1c(C(=O)Nc2cc(CC(C)(C)C)[nH]n2)nnn1C1CCNCC1.Cl. The zero-order valence-corrected chi connectivity index (χ0v) is 16.6. The highest BCUT2D eigenvalue weighted by Gasteiger charge is 2.23. The Labute approximate surface area is 159 Å². The molecule has 0 radical (unpaired) electrons. The van der Waals surface area contributed by atoms with Crippen molar-refractivity contribution in [2.45, 2.75) is 53.0 Å². The molecule has 2 aromatic heterocycles. The molecule has 1 aliphatic rings. The van der Waals surface area contributed by atoms with Gasteiger partial charge < -0.3 is 10.6 Å². The second kappa shape index (κ2) is 8.18. The third-order valence-electron chi connectivity index (χ3n) is 4.39. The fourth-order valence-corrected chi connectivity index (χ4v) is 3.21. The van der Waals surface area contributed by atoms with Crippen LogP contribution in [-0.4, -0.2) is 44.2 Å². The average molecular weight is 382 g/mol. The third kappa shape index (κ3) is 4.82. The molecule has 2 aromatic rings. The number of hydrogen-bond donors (Lipinski definition) is 3. The van der Waals surface area contributed by atoms with E-state index in [-0.39, 0.29) is 23.7 Å². The van der Waals surface area contributed by atoms with Gasteiger partial charge in [0.2, 0.25) is 0 Å². The Balaban J connectivity index is 0.00000243. The Bertz CT molecular complexity index is 741. The number of aromatic amines is 1. The van der Waals surface area contributed by atoms with Gasteiger partial charge in [0.05, 0.1) is 11.7 Å². The summed E-state index contributed by atoms with van der Waals surface area (Å²) in [6.07, 6.45) is 2.86. The predicted molar refractivity (Wildman–Crippen MR) is 103 cm³/mol. The maximum atomic E-state index is 12.5. The van der Waals surface area contributed by atoms with Crippen LogP contribution < -0.4 is 10.6 Å².